The molecule has 3 rings (SSSR count). The van der Waals surface area contributed by atoms with Crippen LogP contribution in [0, 0.1) is 0 Å². The molecule has 0 aromatic heterocycles. The lowest BCUT2D eigenvalue weighted by Gasteiger charge is -2.07. The third-order valence-corrected chi connectivity index (χ3v) is 3.49. The van der Waals surface area contributed by atoms with Crippen LogP contribution in [0.25, 0.3) is 0 Å². The first kappa shape index (κ1) is 15.6. The molecule has 0 radical (unpaired) electrons. The molecule has 0 amide bonds. The summed E-state index contributed by atoms with van der Waals surface area (Å²) in [5, 5.41) is 18.8. The van der Waals surface area contributed by atoms with Crippen molar-refractivity contribution in [2.24, 2.45) is 5.10 Å². The molecule has 0 bridgehead atoms. The molecule has 2 aromatic carbocycles. The minimum Gasteiger partial charge on any atom is -0.478 e. The molecule has 0 saturated carbocycles. The molecule has 0 fully saturated rings. The van der Waals surface area contributed by atoms with Gasteiger partial charge < -0.3 is 15.7 Å². The molecule has 4 N–H and O–H groups in total. The van der Waals surface area contributed by atoms with Gasteiger partial charge in [0.15, 0.2) is 10.9 Å². The van der Waals surface area contributed by atoms with E-state index in [0.717, 1.165) is 0 Å². The van der Waals surface area contributed by atoms with Gasteiger partial charge in [0, 0.05) is 11.3 Å². The number of thiocarbonyl (C=S) groups is 1. The van der Waals surface area contributed by atoms with E-state index in [1.807, 2.05) is 6.07 Å². The number of amidine groups is 1. The Hall–Kier alpha value is -3.26. The first-order valence-corrected chi connectivity index (χ1v) is 7.34. The zero-order chi connectivity index (χ0) is 17.1. The van der Waals surface area contributed by atoms with E-state index in [1.54, 1.807) is 30.3 Å². The Balaban J connectivity index is 1.62. The lowest BCUT2D eigenvalue weighted by molar-refractivity contribution is 0.0696. The summed E-state index contributed by atoms with van der Waals surface area (Å²) in [4.78, 5) is 22.9. The summed E-state index contributed by atoms with van der Waals surface area (Å²) in [7, 11) is 0. The predicted octanol–water partition coefficient (Wildman–Crippen LogP) is 2.29. The number of Topliss-reactive ketones (excluding diaryl/α,β-unsaturated/α-hetero) is 1. The largest absolute Gasteiger partial charge is 0.478 e. The highest BCUT2D eigenvalue weighted by molar-refractivity contribution is 7.80. The van der Waals surface area contributed by atoms with Crippen molar-refractivity contribution in [2.75, 3.05) is 10.6 Å². The van der Waals surface area contributed by atoms with Gasteiger partial charge in [-0.15, -0.1) is 0 Å². The number of benzene rings is 2. The molecule has 1 aliphatic rings. The number of anilines is 2. The summed E-state index contributed by atoms with van der Waals surface area (Å²) in [6.45, 7) is 0. The molecule has 2 aromatic rings. The molecule has 1 heterocycles. The van der Waals surface area contributed by atoms with Gasteiger partial charge in [-0.3, -0.25) is 10.2 Å². The average molecular weight is 340 g/mol. The number of fused-ring (bicyclic) bond motifs is 1. The minimum atomic E-state index is -1.00. The molecular weight excluding hydrogens is 328 g/mol. The van der Waals surface area contributed by atoms with Gasteiger partial charge in [0.25, 0.3) is 0 Å². The van der Waals surface area contributed by atoms with Gasteiger partial charge in [-0.2, -0.15) is 5.10 Å². The quantitative estimate of drug-likeness (QED) is 0.502. The van der Waals surface area contributed by atoms with Crippen molar-refractivity contribution in [3.05, 3.63) is 59.7 Å². The van der Waals surface area contributed by atoms with Gasteiger partial charge in [-0.1, -0.05) is 12.1 Å². The summed E-state index contributed by atoms with van der Waals surface area (Å²) in [5.74, 6) is -1.06. The summed E-state index contributed by atoms with van der Waals surface area (Å²) < 4.78 is 0. The zero-order valence-electron chi connectivity index (χ0n) is 12.2. The van der Waals surface area contributed by atoms with Gasteiger partial charge in [-0.05, 0) is 48.6 Å². The molecule has 0 saturated heterocycles. The smallest absolute Gasteiger partial charge is 0.335 e. The Morgan fingerprint density at radius 1 is 1.12 bits per heavy atom. The van der Waals surface area contributed by atoms with Crippen molar-refractivity contribution < 1.29 is 14.7 Å². The zero-order valence-corrected chi connectivity index (χ0v) is 13.1. The molecule has 7 nitrogen and oxygen atoms in total. The van der Waals surface area contributed by atoms with Gasteiger partial charge in [-0.25, -0.2) is 4.79 Å². The van der Waals surface area contributed by atoms with Crippen molar-refractivity contribution in [2.45, 2.75) is 0 Å². The van der Waals surface area contributed by atoms with Crippen LogP contribution in [-0.2, 0) is 0 Å². The van der Waals surface area contributed by atoms with E-state index in [9.17, 15) is 9.59 Å². The van der Waals surface area contributed by atoms with E-state index in [2.05, 4.69) is 21.2 Å². The number of hydrazone groups is 1. The van der Waals surface area contributed by atoms with E-state index in [4.69, 9.17) is 17.3 Å². The predicted molar refractivity (Wildman–Crippen MR) is 94.6 cm³/mol. The van der Waals surface area contributed by atoms with Crippen LogP contribution in [0.4, 0.5) is 11.4 Å². The number of aromatic carboxylic acids is 1. The van der Waals surface area contributed by atoms with Crippen LogP contribution in [0.2, 0.25) is 0 Å². The maximum atomic E-state index is 12.1. The molecule has 8 heteroatoms. The van der Waals surface area contributed by atoms with Crippen LogP contribution in [0.3, 0.4) is 0 Å². The number of nitrogens with zero attached hydrogens (tertiary/aromatic N) is 1. The molecule has 1 aliphatic heterocycles. The normalized spacial score (nSPS) is 14.0. The van der Waals surface area contributed by atoms with E-state index in [1.165, 1.54) is 12.1 Å². The van der Waals surface area contributed by atoms with Gasteiger partial charge in [0.1, 0.15) is 0 Å². The van der Waals surface area contributed by atoms with E-state index in [-0.39, 0.29) is 22.3 Å². The fourth-order valence-electron chi connectivity index (χ4n) is 2.14. The fraction of sp³-hybridized carbons (Fsp3) is 0. The summed E-state index contributed by atoms with van der Waals surface area (Å²) >= 11 is 5.10. The van der Waals surface area contributed by atoms with Gasteiger partial charge in [0.05, 0.1) is 11.3 Å². The molecule has 24 heavy (non-hydrogen) atoms. The fourth-order valence-corrected chi connectivity index (χ4v) is 2.31. The summed E-state index contributed by atoms with van der Waals surface area (Å²) in [5.41, 5.74) is 4.62. The molecule has 0 spiro atoms. The van der Waals surface area contributed by atoms with Crippen molar-refractivity contribution in [3.8, 4) is 0 Å². The SMILES string of the molecule is O=C(O)c1ccc(NC(=S)NN=C2Nc3ccccc3C2=O)cc1. The summed E-state index contributed by atoms with van der Waals surface area (Å²) in [6, 6.07) is 13.2. The Labute approximate surface area is 142 Å². The van der Waals surface area contributed by atoms with Crippen LogP contribution in [0.5, 0.6) is 0 Å². The van der Waals surface area contributed by atoms with E-state index in [0.29, 0.717) is 16.9 Å². The molecule has 0 aliphatic carbocycles. The van der Waals surface area contributed by atoms with Crippen LogP contribution < -0.4 is 16.1 Å². The van der Waals surface area contributed by atoms with Crippen LogP contribution >= 0.6 is 12.2 Å². The summed E-state index contributed by atoms with van der Waals surface area (Å²) in [6.07, 6.45) is 0. The Bertz CT molecular complexity index is 862. The number of carbonyl (C=O) groups is 2. The first-order valence-electron chi connectivity index (χ1n) is 6.93. The number of hydrogen-bond donors (Lipinski definition) is 4. The van der Waals surface area contributed by atoms with E-state index >= 15 is 0 Å². The number of carbonyl (C=O) groups excluding carboxylic acids is 1. The molecule has 0 atom stereocenters. The lowest BCUT2D eigenvalue weighted by atomic mass is 10.1. The highest BCUT2D eigenvalue weighted by Gasteiger charge is 2.25. The standard InChI is InChI=1S/C16H12N4O3S/c21-13-11-3-1-2-4-12(11)18-14(13)19-20-16(24)17-10-7-5-9(6-8-10)15(22)23/h1-8H,(H,22,23)(H2,17,20,24)(H,18,19,21). The monoisotopic (exact) mass is 340 g/mol. The third-order valence-electron chi connectivity index (χ3n) is 3.30. The molecule has 0 unspecified atom stereocenters. The third kappa shape index (κ3) is 3.23. The highest BCUT2D eigenvalue weighted by Crippen LogP contribution is 2.22. The minimum absolute atomic E-state index is 0.154. The Morgan fingerprint density at radius 3 is 2.50 bits per heavy atom. The van der Waals surface area contributed by atoms with E-state index < -0.39 is 5.97 Å². The van der Waals surface area contributed by atoms with Crippen molar-refractivity contribution in [1.29, 1.82) is 0 Å². The van der Waals surface area contributed by atoms with Crippen LogP contribution in [-0.4, -0.2) is 27.8 Å². The Morgan fingerprint density at radius 2 is 1.83 bits per heavy atom. The second-order valence-electron chi connectivity index (χ2n) is 4.91. The van der Waals surface area contributed by atoms with Gasteiger partial charge >= 0.3 is 5.97 Å². The number of hydrogen-bond acceptors (Lipinski definition) is 4. The highest BCUT2D eigenvalue weighted by atomic mass is 32.1. The maximum absolute atomic E-state index is 12.1. The average Bonchev–Trinajstić information content (AvgIpc) is 2.90. The van der Waals surface area contributed by atoms with Crippen molar-refractivity contribution in [3.63, 3.8) is 0 Å². The number of ketones is 1. The number of carboxylic acid groups (broad SMARTS) is 1. The van der Waals surface area contributed by atoms with Gasteiger partial charge in [0.2, 0.25) is 5.78 Å². The van der Waals surface area contributed by atoms with Crippen molar-refractivity contribution >= 4 is 46.3 Å². The number of carboxylic acids is 1. The van der Waals surface area contributed by atoms with Crippen LogP contribution in [0.1, 0.15) is 20.7 Å². The Kier molecular flexibility index (Phi) is 4.21. The maximum Gasteiger partial charge on any atom is 0.335 e. The second-order valence-corrected chi connectivity index (χ2v) is 5.32. The first-order chi connectivity index (χ1) is 11.5. The molecule has 120 valence electrons. The lowest BCUT2D eigenvalue weighted by Crippen LogP contribution is -2.27. The van der Waals surface area contributed by atoms with Crippen LogP contribution in [0.15, 0.2) is 53.6 Å². The topological polar surface area (TPSA) is 103 Å². The number of para-hydroxylation sites is 1. The molecular formula is C16H12N4O3S. The number of nitrogens with one attached hydrogen (secondary N) is 3. The van der Waals surface area contributed by atoms with Crippen molar-refractivity contribution in [1.82, 2.24) is 5.43 Å². The second kappa shape index (κ2) is 6.47. The number of rotatable bonds is 3.